The summed E-state index contributed by atoms with van der Waals surface area (Å²) < 4.78 is 12.2. The van der Waals surface area contributed by atoms with E-state index in [9.17, 15) is 9.59 Å². The maximum Gasteiger partial charge on any atom is 0.317 e. The summed E-state index contributed by atoms with van der Waals surface area (Å²) in [5, 5.41) is 0.610. The highest BCUT2D eigenvalue weighted by atomic mass is 79.9. The third-order valence-corrected chi connectivity index (χ3v) is 5.87. The second kappa shape index (κ2) is 5.49. The zero-order valence-electron chi connectivity index (χ0n) is 13.1. The quantitative estimate of drug-likeness (QED) is 0.701. The van der Waals surface area contributed by atoms with Crippen LogP contribution in [0.5, 0.6) is 5.75 Å². The fraction of sp³-hybridized carbons (Fsp3) is 0.438. The minimum Gasteiger partial charge on any atom is -0.466 e. The largest absolute Gasteiger partial charge is 0.466 e. The van der Waals surface area contributed by atoms with Gasteiger partial charge in [0.25, 0.3) is 0 Å². The highest BCUT2D eigenvalue weighted by Crippen LogP contribution is 2.53. The Morgan fingerprint density at radius 1 is 1.58 bits per heavy atom. The first kappa shape index (κ1) is 16.0. The summed E-state index contributed by atoms with van der Waals surface area (Å²) in [6, 6.07) is 5.13. The molecule has 3 aliphatic heterocycles. The molecule has 1 saturated heterocycles. The number of carbonyl (C=O) groups is 2. The predicted octanol–water partition coefficient (Wildman–Crippen LogP) is 2.72. The lowest BCUT2D eigenvalue weighted by atomic mass is 9.80. The number of hydrogen-bond donors (Lipinski definition) is 0. The predicted molar refractivity (Wildman–Crippen MR) is 92.8 cm³/mol. The van der Waals surface area contributed by atoms with Crippen LogP contribution in [0.25, 0.3) is 0 Å². The van der Waals surface area contributed by atoms with E-state index in [4.69, 9.17) is 9.47 Å². The molecule has 4 rings (SSSR count). The Kier molecular flexibility index (Phi) is 3.65. The first-order valence-electron chi connectivity index (χ1n) is 7.64. The molecule has 0 N–H and O–H groups in total. The van der Waals surface area contributed by atoms with E-state index in [-0.39, 0.29) is 12.5 Å². The van der Waals surface area contributed by atoms with Crippen LogP contribution in [0.4, 0.5) is 0 Å². The van der Waals surface area contributed by atoms with Crippen LogP contribution >= 0.6 is 27.7 Å². The molecule has 0 saturated carbocycles. The Bertz CT molecular complexity index is 783. The minimum atomic E-state index is -1.08. The molecule has 2 bridgehead atoms. The molecule has 1 fully saturated rings. The maximum absolute atomic E-state index is 12.7. The molecule has 3 atom stereocenters. The summed E-state index contributed by atoms with van der Waals surface area (Å²) in [5.74, 6) is -0.190. The Morgan fingerprint density at radius 2 is 2.38 bits per heavy atom. The lowest BCUT2D eigenvalue weighted by molar-refractivity contribution is -0.163. The average Bonchev–Trinajstić information content (AvgIpc) is 2.87. The van der Waals surface area contributed by atoms with Gasteiger partial charge in [-0.2, -0.15) is 0 Å². The summed E-state index contributed by atoms with van der Waals surface area (Å²) in [6.07, 6.45) is 0. The number of rotatable bonds is 2. The summed E-state index contributed by atoms with van der Waals surface area (Å²) in [6.45, 7) is 3.80. The van der Waals surface area contributed by atoms with Gasteiger partial charge in [0.05, 0.1) is 18.4 Å². The van der Waals surface area contributed by atoms with Gasteiger partial charge in [-0.15, -0.1) is 0 Å². The Labute approximate surface area is 151 Å². The fourth-order valence-electron chi connectivity index (χ4n) is 3.48. The van der Waals surface area contributed by atoms with Crippen molar-refractivity contribution in [3.05, 3.63) is 28.2 Å². The molecule has 24 heavy (non-hydrogen) atoms. The normalized spacial score (nSPS) is 30.2. The van der Waals surface area contributed by atoms with Gasteiger partial charge < -0.3 is 9.47 Å². The van der Waals surface area contributed by atoms with Gasteiger partial charge in [-0.25, -0.2) is 4.99 Å². The van der Waals surface area contributed by atoms with Crippen LogP contribution in [0.3, 0.4) is 0 Å². The van der Waals surface area contributed by atoms with Gasteiger partial charge in [0.15, 0.2) is 5.17 Å². The molecule has 1 aromatic rings. The van der Waals surface area contributed by atoms with Crippen molar-refractivity contribution in [2.24, 2.45) is 10.9 Å². The van der Waals surface area contributed by atoms with Gasteiger partial charge in [-0.3, -0.25) is 14.5 Å². The lowest BCUT2D eigenvalue weighted by Crippen LogP contribution is -2.59. The van der Waals surface area contributed by atoms with Gasteiger partial charge in [0.2, 0.25) is 11.6 Å². The molecule has 0 aliphatic carbocycles. The lowest BCUT2D eigenvalue weighted by Gasteiger charge is -2.49. The van der Waals surface area contributed by atoms with Crippen LogP contribution in [-0.2, 0) is 14.3 Å². The van der Waals surface area contributed by atoms with Gasteiger partial charge in [-0.05, 0) is 32.0 Å². The van der Waals surface area contributed by atoms with Crippen molar-refractivity contribution in [1.82, 2.24) is 4.90 Å². The number of nitrogens with zero attached hydrogens (tertiary/aromatic N) is 2. The minimum absolute atomic E-state index is 0.0482. The number of fused-ring (bicyclic) bond motifs is 6. The average molecular weight is 411 g/mol. The van der Waals surface area contributed by atoms with E-state index in [2.05, 4.69) is 20.9 Å². The number of amides is 1. The number of thioether (sulfide) groups is 1. The first-order valence-corrected chi connectivity index (χ1v) is 9.42. The van der Waals surface area contributed by atoms with Crippen molar-refractivity contribution in [2.45, 2.75) is 25.6 Å². The SMILES string of the molecule is CCOC(=O)[C@@H]1[C@@H]2c3cc(Br)ccc3O[C@]1(C)N=C1SCC(=O)N12. The van der Waals surface area contributed by atoms with Crippen molar-refractivity contribution in [1.29, 1.82) is 0 Å². The van der Waals surface area contributed by atoms with E-state index in [0.717, 1.165) is 10.0 Å². The summed E-state index contributed by atoms with van der Waals surface area (Å²) >= 11 is 4.84. The van der Waals surface area contributed by atoms with Crippen molar-refractivity contribution in [2.75, 3.05) is 12.4 Å². The summed E-state index contributed by atoms with van der Waals surface area (Å²) in [5.41, 5.74) is -0.288. The number of carbonyl (C=O) groups excluding carboxylic acids is 2. The van der Waals surface area contributed by atoms with E-state index in [1.165, 1.54) is 11.8 Å². The Hall–Kier alpha value is -1.54. The Morgan fingerprint density at radius 3 is 3.12 bits per heavy atom. The van der Waals surface area contributed by atoms with Crippen LogP contribution in [0, 0.1) is 5.92 Å². The number of aliphatic imine (C=N–C) groups is 1. The molecule has 8 heteroatoms. The molecular formula is C16H15BrN2O4S. The molecule has 0 spiro atoms. The maximum atomic E-state index is 12.7. The highest BCUT2D eigenvalue weighted by molar-refractivity contribution is 9.10. The molecule has 0 unspecified atom stereocenters. The van der Waals surface area contributed by atoms with Crippen molar-refractivity contribution < 1.29 is 19.1 Å². The zero-order chi connectivity index (χ0) is 17.1. The van der Waals surface area contributed by atoms with Crippen LogP contribution in [0.1, 0.15) is 25.5 Å². The van der Waals surface area contributed by atoms with E-state index < -0.39 is 23.7 Å². The number of benzene rings is 1. The molecule has 0 aromatic heterocycles. The monoisotopic (exact) mass is 410 g/mol. The van der Waals surface area contributed by atoms with E-state index in [1.807, 2.05) is 18.2 Å². The van der Waals surface area contributed by atoms with Crippen molar-refractivity contribution in [3.63, 3.8) is 0 Å². The number of halogens is 1. The van der Waals surface area contributed by atoms with Crippen molar-refractivity contribution >= 4 is 44.7 Å². The van der Waals surface area contributed by atoms with Gasteiger partial charge in [0.1, 0.15) is 11.7 Å². The third-order valence-electron chi connectivity index (χ3n) is 4.44. The van der Waals surface area contributed by atoms with Crippen molar-refractivity contribution in [3.8, 4) is 5.75 Å². The standard InChI is InChI=1S/C16H15BrN2O4S/c1-3-22-14(21)12-13-9-6-8(17)4-5-10(9)23-16(12,2)18-15-19(13)11(20)7-24-15/h4-6,12-13H,3,7H2,1-2H3/t12-,13-,16-/m0/s1. The topological polar surface area (TPSA) is 68.2 Å². The van der Waals surface area contributed by atoms with E-state index in [0.29, 0.717) is 16.7 Å². The molecular weight excluding hydrogens is 396 g/mol. The zero-order valence-corrected chi connectivity index (χ0v) is 15.5. The number of esters is 1. The fourth-order valence-corrected chi connectivity index (χ4v) is 4.86. The molecule has 0 radical (unpaired) electrons. The van der Waals surface area contributed by atoms with Crippen LogP contribution in [0.2, 0.25) is 0 Å². The van der Waals surface area contributed by atoms with Crippen LogP contribution < -0.4 is 4.74 Å². The molecule has 126 valence electrons. The second-order valence-corrected chi connectivity index (χ2v) is 7.82. The van der Waals surface area contributed by atoms with E-state index in [1.54, 1.807) is 18.7 Å². The molecule has 6 nitrogen and oxygen atoms in total. The number of amidine groups is 1. The number of hydrogen-bond acceptors (Lipinski definition) is 6. The number of ether oxygens (including phenoxy) is 2. The van der Waals surface area contributed by atoms with Crippen LogP contribution in [-0.4, -0.2) is 40.0 Å². The van der Waals surface area contributed by atoms with Gasteiger partial charge >= 0.3 is 5.97 Å². The first-order chi connectivity index (χ1) is 11.4. The Balaban J connectivity index is 1.93. The molecule has 1 aromatic carbocycles. The highest BCUT2D eigenvalue weighted by Gasteiger charge is 2.60. The van der Waals surface area contributed by atoms with E-state index >= 15 is 0 Å². The van der Waals surface area contributed by atoms with Gasteiger partial charge in [0, 0.05) is 10.0 Å². The molecule has 3 aliphatic rings. The third kappa shape index (κ3) is 2.19. The summed E-state index contributed by atoms with van der Waals surface area (Å²) in [4.78, 5) is 31.4. The van der Waals surface area contributed by atoms with Crippen LogP contribution in [0.15, 0.2) is 27.7 Å². The second-order valence-electron chi connectivity index (χ2n) is 5.96. The summed E-state index contributed by atoms with van der Waals surface area (Å²) in [7, 11) is 0. The molecule has 3 heterocycles. The molecule has 1 amide bonds. The van der Waals surface area contributed by atoms with Gasteiger partial charge in [-0.1, -0.05) is 27.7 Å². The smallest absolute Gasteiger partial charge is 0.317 e.